The van der Waals surface area contributed by atoms with E-state index in [-0.39, 0.29) is 17.3 Å². The number of hydrogen-bond donors (Lipinski definition) is 0. The van der Waals surface area contributed by atoms with Gasteiger partial charge in [-0.15, -0.1) is 0 Å². The second-order valence-electron chi connectivity index (χ2n) is 5.57. The van der Waals surface area contributed by atoms with Crippen molar-refractivity contribution in [3.63, 3.8) is 0 Å². The lowest BCUT2D eigenvalue weighted by Crippen LogP contribution is -2.17. The molecule has 2 rings (SSSR count). The Kier molecular flexibility index (Phi) is 6.17. The quantitative estimate of drug-likeness (QED) is 0.426. The summed E-state index contributed by atoms with van der Waals surface area (Å²) in [5, 5.41) is 0. The van der Waals surface area contributed by atoms with Gasteiger partial charge in [-0.2, -0.15) is 0 Å². The lowest BCUT2D eigenvalue weighted by molar-refractivity contribution is -0.136. The van der Waals surface area contributed by atoms with Crippen LogP contribution in [0, 0.1) is 0 Å². The van der Waals surface area contributed by atoms with Crippen LogP contribution < -0.4 is 9.47 Å². The Labute approximate surface area is 147 Å². The monoisotopic (exact) mass is 363 g/mol. The lowest BCUT2D eigenvalue weighted by atomic mass is 9.99. The summed E-state index contributed by atoms with van der Waals surface area (Å²) in [5.74, 6) is 0.538. The minimum absolute atomic E-state index is 0.261. The number of carbonyl (C=O) groups is 1. The van der Waals surface area contributed by atoms with Crippen LogP contribution in [0.15, 0.2) is 53.4 Å². The molecular weight excluding hydrogens is 344 g/mol. The Bertz CT molecular complexity index is 810. The first-order valence-corrected chi connectivity index (χ1v) is 9.20. The molecule has 25 heavy (non-hydrogen) atoms. The first-order chi connectivity index (χ1) is 11.8. The van der Waals surface area contributed by atoms with Gasteiger partial charge in [0.2, 0.25) is 0 Å². The summed E-state index contributed by atoms with van der Waals surface area (Å²) in [7, 11) is -4.50. The van der Waals surface area contributed by atoms with Crippen molar-refractivity contribution in [2.75, 3.05) is 6.61 Å². The highest BCUT2D eigenvalue weighted by Gasteiger charge is 2.08. The minimum Gasteiger partial charge on any atom is -0.744 e. The van der Waals surface area contributed by atoms with Crippen LogP contribution in [0.25, 0.3) is 0 Å². The van der Waals surface area contributed by atoms with Crippen molar-refractivity contribution >= 4 is 16.1 Å². The average molecular weight is 363 g/mol. The molecule has 0 N–H and O–H groups in total. The van der Waals surface area contributed by atoms with Gasteiger partial charge in [-0.3, -0.25) is 0 Å². The normalized spacial score (nSPS) is 12.4. The van der Waals surface area contributed by atoms with Crippen LogP contribution >= 0.6 is 0 Å². The molecule has 0 heterocycles. The molecule has 6 nitrogen and oxygen atoms in total. The molecular formula is C18H19O6S-. The number of benzene rings is 2. The highest BCUT2D eigenvalue weighted by Crippen LogP contribution is 2.21. The molecule has 1 atom stereocenters. The van der Waals surface area contributed by atoms with E-state index in [1.165, 1.54) is 17.7 Å². The van der Waals surface area contributed by atoms with Gasteiger partial charge < -0.3 is 14.0 Å². The van der Waals surface area contributed by atoms with Crippen LogP contribution in [-0.2, 0) is 14.9 Å². The van der Waals surface area contributed by atoms with Gasteiger partial charge in [-0.25, -0.2) is 13.2 Å². The summed E-state index contributed by atoms with van der Waals surface area (Å²) in [6.45, 7) is 3.89. The molecule has 1 unspecified atom stereocenters. The molecule has 0 bridgehead atoms. The fraction of sp³-hybridized carbons (Fsp3) is 0.278. The van der Waals surface area contributed by atoms with E-state index in [0.717, 1.165) is 18.6 Å². The first kappa shape index (κ1) is 19.0. The first-order valence-electron chi connectivity index (χ1n) is 7.79. The average Bonchev–Trinajstić information content (AvgIpc) is 2.59. The van der Waals surface area contributed by atoms with Gasteiger partial charge in [0.1, 0.15) is 21.6 Å². The van der Waals surface area contributed by atoms with Crippen LogP contribution in [-0.4, -0.2) is 25.5 Å². The Morgan fingerprint density at radius 3 is 2.12 bits per heavy atom. The Morgan fingerprint density at radius 2 is 1.60 bits per heavy atom. The van der Waals surface area contributed by atoms with Crippen molar-refractivity contribution in [1.29, 1.82) is 0 Å². The third kappa shape index (κ3) is 5.58. The number of ether oxygens (including phenoxy) is 2. The molecule has 134 valence electrons. The molecule has 0 aliphatic heterocycles. The van der Waals surface area contributed by atoms with Crippen molar-refractivity contribution in [1.82, 2.24) is 0 Å². The highest BCUT2D eigenvalue weighted by molar-refractivity contribution is 7.85. The molecule has 0 aliphatic rings. The lowest BCUT2D eigenvalue weighted by Gasteiger charge is -2.11. The maximum atomic E-state index is 11.8. The van der Waals surface area contributed by atoms with E-state index in [0.29, 0.717) is 11.7 Å². The number of rotatable bonds is 7. The Balaban J connectivity index is 1.88. The molecule has 7 heteroatoms. The van der Waals surface area contributed by atoms with Gasteiger partial charge in [0.15, 0.2) is 6.61 Å². The van der Waals surface area contributed by atoms with Crippen molar-refractivity contribution in [2.24, 2.45) is 0 Å². The fourth-order valence-corrected chi connectivity index (χ4v) is 2.58. The molecule has 2 aromatic carbocycles. The van der Waals surface area contributed by atoms with Gasteiger partial charge in [0.05, 0.1) is 4.90 Å². The van der Waals surface area contributed by atoms with Crippen molar-refractivity contribution < 1.29 is 27.2 Å². The van der Waals surface area contributed by atoms with Crippen molar-refractivity contribution in [3.05, 3.63) is 54.1 Å². The van der Waals surface area contributed by atoms with E-state index in [9.17, 15) is 17.8 Å². The minimum atomic E-state index is -4.50. The third-order valence-corrected chi connectivity index (χ3v) is 4.61. The zero-order valence-electron chi connectivity index (χ0n) is 14.0. The number of carbonyl (C=O) groups excluding carboxylic acids is 1. The van der Waals surface area contributed by atoms with Gasteiger partial charge in [-0.1, -0.05) is 26.0 Å². The summed E-state index contributed by atoms with van der Waals surface area (Å²) in [4.78, 5) is 11.4. The summed E-state index contributed by atoms with van der Waals surface area (Å²) < 4.78 is 42.9. The summed E-state index contributed by atoms with van der Waals surface area (Å²) in [6, 6.07) is 12.1. The van der Waals surface area contributed by atoms with Gasteiger partial charge in [0.25, 0.3) is 0 Å². The fourth-order valence-electron chi connectivity index (χ4n) is 2.11. The van der Waals surface area contributed by atoms with Crippen LogP contribution in [0.1, 0.15) is 31.7 Å². The predicted molar refractivity (Wildman–Crippen MR) is 90.7 cm³/mol. The van der Waals surface area contributed by atoms with Gasteiger partial charge in [-0.05, 0) is 54.3 Å². The summed E-state index contributed by atoms with van der Waals surface area (Å²) in [6.07, 6.45) is 1.03. The van der Waals surface area contributed by atoms with E-state index in [2.05, 4.69) is 13.8 Å². The summed E-state index contributed by atoms with van der Waals surface area (Å²) >= 11 is 0. The van der Waals surface area contributed by atoms with Gasteiger partial charge in [0, 0.05) is 0 Å². The van der Waals surface area contributed by atoms with E-state index >= 15 is 0 Å². The van der Waals surface area contributed by atoms with E-state index < -0.39 is 16.1 Å². The maximum absolute atomic E-state index is 11.8. The standard InChI is InChI=1S/C18H20O6S/c1-3-13(2)14-4-6-16(7-5-14)24-18(19)12-23-15-8-10-17(11-9-15)25(20,21)22/h4-11,13H,3,12H2,1-2H3,(H,20,21,22)/p-1. The van der Waals surface area contributed by atoms with Crippen LogP contribution in [0.2, 0.25) is 0 Å². The van der Waals surface area contributed by atoms with E-state index in [1.54, 1.807) is 12.1 Å². The van der Waals surface area contributed by atoms with Crippen molar-refractivity contribution in [2.45, 2.75) is 31.1 Å². The zero-order chi connectivity index (χ0) is 18.4. The maximum Gasteiger partial charge on any atom is 0.349 e. The molecule has 0 saturated heterocycles. The molecule has 0 radical (unpaired) electrons. The molecule has 0 spiro atoms. The van der Waals surface area contributed by atoms with E-state index in [4.69, 9.17) is 9.47 Å². The van der Waals surface area contributed by atoms with E-state index in [1.807, 2.05) is 12.1 Å². The molecule has 0 saturated carbocycles. The highest BCUT2D eigenvalue weighted by atomic mass is 32.2. The SMILES string of the molecule is CCC(C)c1ccc(OC(=O)COc2ccc(S(=O)(=O)[O-])cc2)cc1. The van der Waals surface area contributed by atoms with Crippen molar-refractivity contribution in [3.8, 4) is 11.5 Å². The topological polar surface area (TPSA) is 92.7 Å². The molecule has 0 aliphatic carbocycles. The molecule has 2 aromatic rings. The Hall–Kier alpha value is -2.38. The molecule has 0 fully saturated rings. The second kappa shape index (κ2) is 8.13. The van der Waals surface area contributed by atoms with Crippen LogP contribution in [0.4, 0.5) is 0 Å². The van der Waals surface area contributed by atoms with Gasteiger partial charge >= 0.3 is 5.97 Å². The largest absolute Gasteiger partial charge is 0.744 e. The number of esters is 1. The predicted octanol–water partition coefficient (Wildman–Crippen LogP) is 3.09. The van der Waals surface area contributed by atoms with Crippen LogP contribution in [0.5, 0.6) is 11.5 Å². The van der Waals surface area contributed by atoms with Crippen LogP contribution in [0.3, 0.4) is 0 Å². The molecule has 0 aromatic heterocycles. The second-order valence-corrected chi connectivity index (χ2v) is 6.95. The number of hydrogen-bond acceptors (Lipinski definition) is 6. The third-order valence-electron chi connectivity index (χ3n) is 3.76. The smallest absolute Gasteiger partial charge is 0.349 e. The summed E-state index contributed by atoms with van der Waals surface area (Å²) in [5.41, 5.74) is 1.17. The Morgan fingerprint density at radius 1 is 1.04 bits per heavy atom. The molecule has 0 amide bonds. The zero-order valence-corrected chi connectivity index (χ0v) is 14.8.